The second-order valence-corrected chi connectivity index (χ2v) is 4.64. The number of thioether (sulfide) groups is 1. The molecule has 1 heterocycles. The number of carbonyl (C=O) groups is 1. The van der Waals surface area contributed by atoms with E-state index in [-0.39, 0.29) is 12.0 Å². The highest BCUT2D eigenvalue weighted by Crippen LogP contribution is 2.25. The maximum absolute atomic E-state index is 11.8. The van der Waals surface area contributed by atoms with Crippen molar-refractivity contribution in [3.05, 3.63) is 35.9 Å². The molecule has 4 nitrogen and oxygen atoms in total. The molecule has 0 saturated heterocycles. The van der Waals surface area contributed by atoms with Gasteiger partial charge in [0.15, 0.2) is 5.58 Å². The van der Waals surface area contributed by atoms with Gasteiger partial charge in [-0.15, -0.1) is 0 Å². The highest BCUT2D eigenvalue weighted by molar-refractivity contribution is 7.99. The Bertz CT molecular complexity index is 635. The molecule has 19 heavy (non-hydrogen) atoms. The Morgan fingerprint density at radius 3 is 2.95 bits per heavy atom. The number of fused-ring (bicyclic) bond motifs is 1. The van der Waals surface area contributed by atoms with Crippen LogP contribution in [0.15, 0.2) is 40.0 Å². The lowest BCUT2D eigenvalue weighted by atomic mass is 10.2. The quantitative estimate of drug-likeness (QED) is 0.669. The van der Waals surface area contributed by atoms with E-state index in [2.05, 4.69) is 4.98 Å². The van der Waals surface area contributed by atoms with E-state index in [1.165, 1.54) is 23.9 Å². The largest absolute Gasteiger partial charge is 0.478 e. The number of carboxylic acids is 1. The van der Waals surface area contributed by atoms with Crippen molar-refractivity contribution < 1.29 is 23.1 Å². The summed E-state index contributed by atoms with van der Waals surface area (Å²) in [7, 11) is 0. The predicted molar refractivity (Wildman–Crippen MR) is 66.6 cm³/mol. The van der Waals surface area contributed by atoms with Gasteiger partial charge in [0.2, 0.25) is 0 Å². The number of aromatic carboxylic acids is 1. The summed E-state index contributed by atoms with van der Waals surface area (Å²) in [6.45, 7) is 0. The zero-order valence-corrected chi connectivity index (χ0v) is 10.4. The molecule has 1 aromatic heterocycles. The van der Waals surface area contributed by atoms with Crippen LogP contribution in [-0.4, -0.2) is 21.8 Å². The predicted octanol–water partition coefficient (Wildman–Crippen LogP) is 3.79. The molecule has 1 aromatic carbocycles. The third-order valence-electron chi connectivity index (χ3n) is 2.26. The van der Waals surface area contributed by atoms with Gasteiger partial charge in [-0.1, -0.05) is 11.8 Å². The van der Waals surface area contributed by atoms with E-state index in [4.69, 9.17) is 9.52 Å². The molecule has 0 spiro atoms. The molecule has 100 valence electrons. The Hall–Kier alpha value is -1.89. The molecule has 0 aliphatic rings. The summed E-state index contributed by atoms with van der Waals surface area (Å²) < 4.78 is 29.0. The van der Waals surface area contributed by atoms with Crippen molar-refractivity contribution in [1.82, 2.24) is 4.98 Å². The van der Waals surface area contributed by atoms with Crippen LogP contribution in [0.25, 0.3) is 11.1 Å². The lowest BCUT2D eigenvalue weighted by Gasteiger charge is -1.91. The van der Waals surface area contributed by atoms with Gasteiger partial charge in [0.1, 0.15) is 5.52 Å². The molecule has 2 rings (SSSR count). The van der Waals surface area contributed by atoms with Gasteiger partial charge in [0, 0.05) is 5.75 Å². The van der Waals surface area contributed by atoms with Crippen molar-refractivity contribution in [1.29, 1.82) is 0 Å². The Labute approximate surface area is 111 Å². The third-order valence-corrected chi connectivity index (χ3v) is 3.12. The van der Waals surface area contributed by atoms with Crippen molar-refractivity contribution in [2.75, 3.05) is 5.75 Å². The van der Waals surface area contributed by atoms with E-state index in [1.807, 2.05) is 0 Å². The maximum atomic E-state index is 11.8. The lowest BCUT2D eigenvalue weighted by molar-refractivity contribution is 0.0697. The van der Waals surface area contributed by atoms with Gasteiger partial charge < -0.3 is 9.52 Å². The van der Waals surface area contributed by atoms with Crippen LogP contribution in [0.1, 0.15) is 16.8 Å². The van der Waals surface area contributed by atoms with Crippen molar-refractivity contribution in [3.8, 4) is 0 Å². The Balaban J connectivity index is 2.09. The smallest absolute Gasteiger partial charge is 0.335 e. The summed E-state index contributed by atoms with van der Waals surface area (Å²) in [5, 5.41) is 9.17. The number of rotatable bonds is 5. The minimum Gasteiger partial charge on any atom is -0.478 e. The minimum absolute atomic E-state index is 0.114. The van der Waals surface area contributed by atoms with Gasteiger partial charge in [0.25, 0.3) is 11.3 Å². The normalized spacial score (nSPS) is 10.6. The molecule has 0 atom stereocenters. The van der Waals surface area contributed by atoms with Gasteiger partial charge in [-0.3, -0.25) is 0 Å². The fourth-order valence-corrected chi connectivity index (χ4v) is 2.13. The van der Waals surface area contributed by atoms with Crippen LogP contribution < -0.4 is 0 Å². The molecule has 0 unspecified atom stereocenters. The van der Waals surface area contributed by atoms with Gasteiger partial charge in [-0.2, -0.15) is 8.78 Å². The van der Waals surface area contributed by atoms with Crippen LogP contribution in [0, 0.1) is 0 Å². The first-order valence-electron chi connectivity index (χ1n) is 5.34. The van der Waals surface area contributed by atoms with Crippen LogP contribution in [0.4, 0.5) is 8.78 Å². The zero-order chi connectivity index (χ0) is 13.8. The molecule has 7 heteroatoms. The van der Waals surface area contributed by atoms with Crippen molar-refractivity contribution in [2.45, 2.75) is 11.6 Å². The maximum Gasteiger partial charge on any atom is 0.335 e. The number of carboxylic acid groups (broad SMARTS) is 1. The molecule has 0 saturated carbocycles. The molecule has 0 radical (unpaired) electrons. The standard InChI is InChI=1S/C12H9F2NO3S/c13-10(14)2-1-5-19-12-15-8-4-3-7(11(16)17)6-9(8)18-12/h2-4,6H,1,5H2,(H,16,17). The fourth-order valence-electron chi connectivity index (χ4n) is 1.41. The molecule has 0 fully saturated rings. The van der Waals surface area contributed by atoms with Crippen molar-refractivity contribution in [3.63, 3.8) is 0 Å². The van der Waals surface area contributed by atoms with Crippen LogP contribution in [-0.2, 0) is 0 Å². The number of oxazole rings is 1. The number of halogens is 2. The van der Waals surface area contributed by atoms with Crippen molar-refractivity contribution >= 4 is 28.8 Å². The average Bonchev–Trinajstić information content (AvgIpc) is 2.75. The van der Waals surface area contributed by atoms with Crippen LogP contribution in [0.2, 0.25) is 0 Å². The van der Waals surface area contributed by atoms with E-state index in [1.54, 1.807) is 6.07 Å². The lowest BCUT2D eigenvalue weighted by Crippen LogP contribution is -1.94. The van der Waals surface area contributed by atoms with Crippen LogP contribution in [0.5, 0.6) is 0 Å². The number of hydrogen-bond donors (Lipinski definition) is 1. The number of benzene rings is 1. The van der Waals surface area contributed by atoms with Gasteiger partial charge >= 0.3 is 5.97 Å². The monoisotopic (exact) mass is 285 g/mol. The van der Waals surface area contributed by atoms with Gasteiger partial charge in [-0.05, 0) is 30.7 Å². The Morgan fingerprint density at radius 2 is 2.26 bits per heavy atom. The second-order valence-electron chi connectivity index (χ2n) is 3.60. The molecular formula is C12H9F2NO3S. The summed E-state index contributed by atoms with van der Waals surface area (Å²) in [5.74, 6) is -0.633. The zero-order valence-electron chi connectivity index (χ0n) is 9.60. The van der Waals surface area contributed by atoms with E-state index >= 15 is 0 Å². The molecule has 2 aromatic rings. The second kappa shape index (κ2) is 5.83. The first kappa shape index (κ1) is 13.5. The molecule has 1 N–H and O–H groups in total. The number of allylic oxidation sites excluding steroid dienone is 1. The Kier molecular flexibility index (Phi) is 4.16. The van der Waals surface area contributed by atoms with E-state index in [0.29, 0.717) is 22.1 Å². The molecule has 0 bridgehead atoms. The van der Waals surface area contributed by atoms with E-state index in [9.17, 15) is 13.6 Å². The van der Waals surface area contributed by atoms with Gasteiger partial charge in [-0.25, -0.2) is 9.78 Å². The average molecular weight is 285 g/mol. The highest BCUT2D eigenvalue weighted by Gasteiger charge is 2.09. The molecular weight excluding hydrogens is 276 g/mol. The van der Waals surface area contributed by atoms with E-state index < -0.39 is 12.0 Å². The van der Waals surface area contributed by atoms with Crippen LogP contribution in [0.3, 0.4) is 0 Å². The van der Waals surface area contributed by atoms with E-state index in [0.717, 1.165) is 6.08 Å². The minimum atomic E-state index is -1.70. The molecule has 0 aliphatic heterocycles. The summed E-state index contributed by atoms with van der Waals surface area (Å²) in [6, 6.07) is 4.37. The van der Waals surface area contributed by atoms with Crippen molar-refractivity contribution in [2.24, 2.45) is 0 Å². The SMILES string of the molecule is O=C(O)c1ccc2nc(SCCC=C(F)F)oc2c1. The summed E-state index contributed by atoms with van der Waals surface area (Å²) in [5.41, 5.74) is 1.02. The Morgan fingerprint density at radius 1 is 1.47 bits per heavy atom. The van der Waals surface area contributed by atoms with Crippen LogP contribution >= 0.6 is 11.8 Å². The number of hydrogen-bond acceptors (Lipinski definition) is 4. The summed E-state index contributed by atoms with van der Waals surface area (Å²) in [6.07, 6.45) is -0.658. The number of nitrogens with zero attached hydrogens (tertiary/aromatic N) is 1. The third kappa shape index (κ3) is 3.54. The first-order valence-corrected chi connectivity index (χ1v) is 6.32. The fraction of sp³-hybridized carbons (Fsp3) is 0.167. The first-order chi connectivity index (χ1) is 9.06. The summed E-state index contributed by atoms with van der Waals surface area (Å²) >= 11 is 1.20. The molecule has 0 amide bonds. The number of aromatic nitrogens is 1. The topological polar surface area (TPSA) is 63.3 Å². The summed E-state index contributed by atoms with van der Waals surface area (Å²) in [4.78, 5) is 14.9. The molecule has 0 aliphatic carbocycles. The van der Waals surface area contributed by atoms with Gasteiger partial charge in [0.05, 0.1) is 5.56 Å². The highest BCUT2D eigenvalue weighted by atomic mass is 32.2.